The summed E-state index contributed by atoms with van der Waals surface area (Å²) in [4.78, 5) is 15.1. The van der Waals surface area contributed by atoms with Crippen LogP contribution in [-0.2, 0) is 0 Å². The topological polar surface area (TPSA) is 32.9 Å². The lowest BCUT2D eigenvalue weighted by molar-refractivity contribution is 0.103. The zero-order chi connectivity index (χ0) is 10.8. The highest BCUT2D eigenvalue weighted by atomic mass is 16.1. The minimum atomic E-state index is 0.0567. The Labute approximate surface area is 89.0 Å². The van der Waals surface area contributed by atoms with Crippen molar-refractivity contribution in [3.63, 3.8) is 0 Å². The van der Waals surface area contributed by atoms with Gasteiger partial charge >= 0.3 is 0 Å². The Bertz CT molecular complexity index is 482. The fourth-order valence-electron chi connectivity index (χ4n) is 1.56. The Morgan fingerprint density at radius 3 is 2.33 bits per heavy atom. The zero-order valence-electron chi connectivity index (χ0n) is 8.87. The molecule has 0 unspecified atom stereocenters. The first-order chi connectivity index (χ1) is 7.20. The van der Waals surface area contributed by atoms with Gasteiger partial charge in [-0.2, -0.15) is 0 Å². The molecule has 0 fully saturated rings. The SMILES string of the molecule is Cc1c[nH]c(C(=O)c2ccccc2)c1C. The van der Waals surface area contributed by atoms with Crippen LogP contribution in [0.15, 0.2) is 36.5 Å². The Morgan fingerprint density at radius 1 is 1.13 bits per heavy atom. The molecule has 0 radical (unpaired) electrons. The van der Waals surface area contributed by atoms with E-state index in [1.807, 2.05) is 50.4 Å². The normalized spacial score (nSPS) is 10.3. The predicted molar refractivity (Wildman–Crippen MR) is 60.1 cm³/mol. The highest BCUT2D eigenvalue weighted by Crippen LogP contribution is 2.15. The average molecular weight is 199 g/mol. The number of aryl methyl sites for hydroxylation is 1. The van der Waals surface area contributed by atoms with Crippen LogP contribution in [0.5, 0.6) is 0 Å². The molecule has 0 amide bonds. The monoisotopic (exact) mass is 199 g/mol. The number of ketones is 1. The Morgan fingerprint density at radius 2 is 1.80 bits per heavy atom. The van der Waals surface area contributed by atoms with Crippen molar-refractivity contribution >= 4 is 5.78 Å². The number of hydrogen-bond acceptors (Lipinski definition) is 1. The molecule has 2 aromatic rings. The summed E-state index contributed by atoms with van der Waals surface area (Å²) < 4.78 is 0. The molecule has 1 N–H and O–H groups in total. The molecule has 2 heteroatoms. The Kier molecular flexibility index (Phi) is 2.42. The number of carbonyl (C=O) groups excluding carboxylic acids is 1. The summed E-state index contributed by atoms with van der Waals surface area (Å²) in [6.07, 6.45) is 1.87. The van der Waals surface area contributed by atoms with Gasteiger partial charge in [0.15, 0.2) is 0 Å². The first-order valence-electron chi connectivity index (χ1n) is 4.94. The van der Waals surface area contributed by atoms with Crippen molar-refractivity contribution in [3.8, 4) is 0 Å². The van der Waals surface area contributed by atoms with Crippen LogP contribution in [0.3, 0.4) is 0 Å². The van der Waals surface area contributed by atoms with Crippen LogP contribution in [0.4, 0.5) is 0 Å². The summed E-state index contributed by atoms with van der Waals surface area (Å²) in [6.45, 7) is 3.95. The van der Waals surface area contributed by atoms with Gasteiger partial charge in [-0.25, -0.2) is 0 Å². The number of carbonyl (C=O) groups is 1. The molecule has 1 aromatic heterocycles. The van der Waals surface area contributed by atoms with Gasteiger partial charge in [-0.15, -0.1) is 0 Å². The summed E-state index contributed by atoms with van der Waals surface area (Å²) in [5.41, 5.74) is 3.57. The van der Waals surface area contributed by atoms with Gasteiger partial charge in [0.2, 0.25) is 5.78 Å². The smallest absolute Gasteiger partial charge is 0.209 e. The second-order valence-electron chi connectivity index (χ2n) is 3.67. The first kappa shape index (κ1) is 9.71. The zero-order valence-corrected chi connectivity index (χ0v) is 8.87. The summed E-state index contributed by atoms with van der Waals surface area (Å²) in [5.74, 6) is 0.0567. The van der Waals surface area contributed by atoms with Gasteiger partial charge < -0.3 is 4.98 Å². The molecule has 0 aliphatic heterocycles. The van der Waals surface area contributed by atoms with Gasteiger partial charge in [0.05, 0.1) is 5.69 Å². The summed E-state index contributed by atoms with van der Waals surface area (Å²) in [7, 11) is 0. The molecule has 76 valence electrons. The highest BCUT2D eigenvalue weighted by Gasteiger charge is 2.13. The van der Waals surface area contributed by atoms with E-state index in [-0.39, 0.29) is 5.78 Å². The number of aromatic amines is 1. The number of aromatic nitrogens is 1. The van der Waals surface area contributed by atoms with Gasteiger partial charge in [0.1, 0.15) is 0 Å². The van der Waals surface area contributed by atoms with E-state index in [0.717, 1.165) is 16.7 Å². The minimum absolute atomic E-state index is 0.0567. The second-order valence-corrected chi connectivity index (χ2v) is 3.67. The van der Waals surface area contributed by atoms with Gasteiger partial charge in [-0.3, -0.25) is 4.79 Å². The van der Waals surface area contributed by atoms with E-state index >= 15 is 0 Å². The summed E-state index contributed by atoms with van der Waals surface area (Å²) in [6, 6.07) is 9.32. The van der Waals surface area contributed by atoms with Crippen LogP contribution in [0.1, 0.15) is 27.2 Å². The van der Waals surface area contributed by atoms with Gasteiger partial charge in [-0.05, 0) is 25.0 Å². The number of benzene rings is 1. The van der Waals surface area contributed by atoms with Gasteiger partial charge in [0, 0.05) is 11.8 Å². The molecule has 0 saturated carbocycles. The maximum absolute atomic E-state index is 12.0. The number of nitrogens with one attached hydrogen (secondary N) is 1. The molecular formula is C13H13NO. The van der Waals surface area contributed by atoms with Crippen molar-refractivity contribution in [3.05, 3.63) is 58.9 Å². The van der Waals surface area contributed by atoms with Crippen LogP contribution < -0.4 is 0 Å². The fraction of sp³-hybridized carbons (Fsp3) is 0.154. The summed E-state index contributed by atoms with van der Waals surface area (Å²) >= 11 is 0. The van der Waals surface area contributed by atoms with Crippen molar-refractivity contribution < 1.29 is 4.79 Å². The van der Waals surface area contributed by atoms with Crippen LogP contribution >= 0.6 is 0 Å². The summed E-state index contributed by atoms with van der Waals surface area (Å²) in [5, 5.41) is 0. The lowest BCUT2D eigenvalue weighted by atomic mass is 10.0. The molecule has 2 nitrogen and oxygen atoms in total. The van der Waals surface area contributed by atoms with Crippen LogP contribution in [-0.4, -0.2) is 10.8 Å². The van der Waals surface area contributed by atoms with Crippen LogP contribution in [0, 0.1) is 13.8 Å². The third kappa shape index (κ3) is 1.71. The Hall–Kier alpha value is -1.83. The first-order valence-corrected chi connectivity index (χ1v) is 4.94. The van der Waals surface area contributed by atoms with Crippen molar-refractivity contribution in [2.45, 2.75) is 13.8 Å². The third-order valence-electron chi connectivity index (χ3n) is 2.66. The van der Waals surface area contributed by atoms with Gasteiger partial charge in [-0.1, -0.05) is 30.3 Å². The van der Waals surface area contributed by atoms with E-state index in [9.17, 15) is 4.79 Å². The van der Waals surface area contributed by atoms with E-state index in [0.29, 0.717) is 5.69 Å². The molecule has 15 heavy (non-hydrogen) atoms. The molecule has 0 bridgehead atoms. The molecule has 0 aliphatic carbocycles. The van der Waals surface area contributed by atoms with E-state index in [2.05, 4.69) is 4.98 Å². The second kappa shape index (κ2) is 3.73. The predicted octanol–water partition coefficient (Wildman–Crippen LogP) is 2.86. The highest BCUT2D eigenvalue weighted by molar-refractivity contribution is 6.08. The fourth-order valence-corrected chi connectivity index (χ4v) is 1.56. The molecule has 0 atom stereocenters. The molecule has 1 aromatic carbocycles. The number of hydrogen-bond donors (Lipinski definition) is 1. The molecule has 0 aliphatic rings. The quantitative estimate of drug-likeness (QED) is 0.741. The molecule has 1 heterocycles. The van der Waals surface area contributed by atoms with E-state index in [4.69, 9.17) is 0 Å². The maximum Gasteiger partial charge on any atom is 0.209 e. The van der Waals surface area contributed by atoms with Crippen LogP contribution in [0.25, 0.3) is 0 Å². The van der Waals surface area contributed by atoms with E-state index in [1.165, 1.54) is 0 Å². The van der Waals surface area contributed by atoms with Crippen LogP contribution in [0.2, 0.25) is 0 Å². The van der Waals surface area contributed by atoms with Crippen molar-refractivity contribution in [2.24, 2.45) is 0 Å². The largest absolute Gasteiger partial charge is 0.358 e. The number of H-pyrrole nitrogens is 1. The molecule has 2 rings (SSSR count). The standard InChI is InChI=1S/C13H13NO/c1-9-8-14-12(10(9)2)13(15)11-6-4-3-5-7-11/h3-8,14H,1-2H3. The van der Waals surface area contributed by atoms with Gasteiger partial charge in [0.25, 0.3) is 0 Å². The van der Waals surface area contributed by atoms with Crippen molar-refractivity contribution in [1.29, 1.82) is 0 Å². The van der Waals surface area contributed by atoms with E-state index < -0.39 is 0 Å². The average Bonchev–Trinajstić information content (AvgIpc) is 2.60. The maximum atomic E-state index is 12.0. The van der Waals surface area contributed by atoms with Crippen molar-refractivity contribution in [1.82, 2.24) is 4.98 Å². The minimum Gasteiger partial charge on any atom is -0.358 e. The third-order valence-corrected chi connectivity index (χ3v) is 2.66. The molecule has 0 saturated heterocycles. The lowest BCUT2D eigenvalue weighted by Crippen LogP contribution is -2.03. The molecular weight excluding hydrogens is 186 g/mol. The Balaban J connectivity index is 2.42. The number of rotatable bonds is 2. The molecule has 0 spiro atoms. The van der Waals surface area contributed by atoms with E-state index in [1.54, 1.807) is 0 Å². The lowest BCUT2D eigenvalue weighted by Gasteiger charge is -2.00. The van der Waals surface area contributed by atoms with Crippen molar-refractivity contribution in [2.75, 3.05) is 0 Å².